The van der Waals surface area contributed by atoms with E-state index in [1.54, 1.807) is 0 Å². The lowest BCUT2D eigenvalue weighted by Crippen LogP contribution is -2.24. The van der Waals surface area contributed by atoms with Crippen molar-refractivity contribution >= 4 is 0 Å². The van der Waals surface area contributed by atoms with Crippen LogP contribution in [0.1, 0.15) is 36.6 Å². The number of nitrogens with zero attached hydrogens (tertiary/aromatic N) is 1. The molecule has 0 spiro atoms. The number of aryl methyl sites for hydroxylation is 2. The van der Waals surface area contributed by atoms with Crippen LogP contribution in [-0.4, -0.2) is 6.54 Å². The fraction of sp³-hybridized carbons (Fsp3) is 0.500. The third-order valence-corrected chi connectivity index (χ3v) is 2.85. The van der Waals surface area contributed by atoms with Gasteiger partial charge in [-0.3, -0.25) is 0 Å². The lowest BCUT2D eigenvalue weighted by molar-refractivity contribution is 0.526. The quantitative estimate of drug-likeness (QED) is 0.839. The van der Waals surface area contributed by atoms with Crippen LogP contribution < -0.4 is 5.32 Å². The van der Waals surface area contributed by atoms with Gasteiger partial charge in [0.2, 0.25) is 0 Å². The van der Waals surface area contributed by atoms with Crippen molar-refractivity contribution in [3.63, 3.8) is 0 Å². The molecule has 0 aliphatic rings. The fourth-order valence-corrected chi connectivity index (χ4v) is 1.74. The van der Waals surface area contributed by atoms with Gasteiger partial charge in [-0.15, -0.1) is 0 Å². The van der Waals surface area contributed by atoms with Crippen molar-refractivity contribution in [3.05, 3.63) is 34.9 Å². The average molecular weight is 216 g/mol. The third-order valence-electron chi connectivity index (χ3n) is 2.85. The summed E-state index contributed by atoms with van der Waals surface area (Å²) in [5.74, 6) is 0.0626. The molecule has 0 aromatic heterocycles. The number of rotatable bonds is 4. The van der Waals surface area contributed by atoms with E-state index in [4.69, 9.17) is 5.26 Å². The molecule has 0 fully saturated rings. The predicted molar refractivity (Wildman–Crippen MR) is 67.1 cm³/mol. The molecule has 1 aromatic rings. The van der Waals surface area contributed by atoms with Gasteiger partial charge in [0.15, 0.2) is 0 Å². The molecule has 1 rings (SSSR count). The van der Waals surface area contributed by atoms with Crippen LogP contribution in [0.3, 0.4) is 0 Å². The third kappa shape index (κ3) is 3.36. The molecule has 0 aliphatic carbocycles. The summed E-state index contributed by atoms with van der Waals surface area (Å²) in [6.07, 6.45) is 0. The van der Waals surface area contributed by atoms with Gasteiger partial charge in [0.25, 0.3) is 0 Å². The molecular weight excluding hydrogens is 196 g/mol. The maximum Gasteiger partial charge on any atom is 0.0666 e. The SMILES string of the molecule is Cc1ccc(C)c(C(C)NCC(C)C#N)c1. The summed E-state index contributed by atoms with van der Waals surface area (Å²) in [4.78, 5) is 0. The molecule has 2 unspecified atom stereocenters. The number of nitriles is 1. The van der Waals surface area contributed by atoms with Crippen molar-refractivity contribution in [2.24, 2.45) is 5.92 Å². The highest BCUT2D eigenvalue weighted by molar-refractivity contribution is 5.32. The van der Waals surface area contributed by atoms with Gasteiger partial charge in [-0.05, 0) is 38.8 Å². The van der Waals surface area contributed by atoms with Crippen molar-refractivity contribution in [1.29, 1.82) is 5.26 Å². The van der Waals surface area contributed by atoms with Crippen molar-refractivity contribution in [1.82, 2.24) is 5.32 Å². The highest BCUT2D eigenvalue weighted by Crippen LogP contribution is 2.18. The molecule has 0 heterocycles. The summed E-state index contributed by atoms with van der Waals surface area (Å²) in [7, 11) is 0. The van der Waals surface area contributed by atoms with Crippen molar-refractivity contribution in [2.75, 3.05) is 6.54 Å². The highest BCUT2D eigenvalue weighted by atomic mass is 14.9. The number of benzene rings is 1. The van der Waals surface area contributed by atoms with E-state index in [0.29, 0.717) is 6.04 Å². The topological polar surface area (TPSA) is 35.8 Å². The largest absolute Gasteiger partial charge is 0.309 e. The number of hydrogen-bond acceptors (Lipinski definition) is 2. The van der Waals surface area contributed by atoms with Crippen molar-refractivity contribution in [3.8, 4) is 6.07 Å². The Morgan fingerprint density at radius 3 is 2.62 bits per heavy atom. The Kier molecular flexibility index (Phi) is 4.52. The molecule has 1 N–H and O–H groups in total. The Bertz CT molecular complexity index is 390. The van der Waals surface area contributed by atoms with Gasteiger partial charge >= 0.3 is 0 Å². The van der Waals surface area contributed by atoms with Crippen LogP contribution in [0, 0.1) is 31.1 Å². The first-order valence-electron chi connectivity index (χ1n) is 5.74. The summed E-state index contributed by atoms with van der Waals surface area (Å²) in [6, 6.07) is 9.03. The van der Waals surface area contributed by atoms with Crippen LogP contribution in [0.5, 0.6) is 0 Å². The summed E-state index contributed by atoms with van der Waals surface area (Å²) in [5, 5.41) is 12.1. The normalized spacial score (nSPS) is 14.2. The molecule has 2 heteroatoms. The summed E-state index contributed by atoms with van der Waals surface area (Å²) in [6.45, 7) is 9.05. The van der Waals surface area contributed by atoms with Crippen molar-refractivity contribution in [2.45, 2.75) is 33.7 Å². The van der Waals surface area contributed by atoms with Crippen LogP contribution >= 0.6 is 0 Å². The highest BCUT2D eigenvalue weighted by Gasteiger charge is 2.09. The van der Waals surface area contributed by atoms with Gasteiger partial charge in [0, 0.05) is 12.6 Å². The second-order valence-corrected chi connectivity index (χ2v) is 4.52. The Morgan fingerprint density at radius 2 is 2.00 bits per heavy atom. The second-order valence-electron chi connectivity index (χ2n) is 4.52. The van der Waals surface area contributed by atoms with E-state index in [1.165, 1.54) is 16.7 Å². The fourth-order valence-electron chi connectivity index (χ4n) is 1.74. The molecule has 16 heavy (non-hydrogen) atoms. The maximum absolute atomic E-state index is 8.73. The zero-order valence-electron chi connectivity index (χ0n) is 10.5. The molecule has 0 saturated carbocycles. The van der Waals surface area contributed by atoms with Gasteiger partial charge in [0.05, 0.1) is 12.0 Å². The molecule has 0 bridgehead atoms. The predicted octanol–water partition coefficient (Wildman–Crippen LogP) is 3.11. The maximum atomic E-state index is 8.73. The molecular formula is C14H20N2. The molecule has 0 aliphatic heterocycles. The minimum Gasteiger partial charge on any atom is -0.309 e. The second kappa shape index (κ2) is 5.67. The summed E-state index contributed by atoms with van der Waals surface area (Å²) >= 11 is 0. The Balaban J connectivity index is 2.69. The zero-order chi connectivity index (χ0) is 12.1. The Labute approximate surface area is 98.3 Å². The first kappa shape index (κ1) is 12.7. The van der Waals surface area contributed by atoms with Gasteiger partial charge in [0.1, 0.15) is 0 Å². The summed E-state index contributed by atoms with van der Waals surface area (Å²) in [5.41, 5.74) is 3.91. The number of nitrogens with one attached hydrogen (secondary N) is 1. The van der Waals surface area contributed by atoms with E-state index < -0.39 is 0 Å². The molecule has 0 radical (unpaired) electrons. The van der Waals surface area contributed by atoms with Gasteiger partial charge in [-0.1, -0.05) is 23.8 Å². The van der Waals surface area contributed by atoms with E-state index in [-0.39, 0.29) is 5.92 Å². The van der Waals surface area contributed by atoms with Crippen LogP contribution in [0.25, 0.3) is 0 Å². The Hall–Kier alpha value is -1.33. The van der Waals surface area contributed by atoms with Crippen LogP contribution in [0.4, 0.5) is 0 Å². The molecule has 2 nitrogen and oxygen atoms in total. The van der Waals surface area contributed by atoms with E-state index in [9.17, 15) is 0 Å². The van der Waals surface area contributed by atoms with E-state index in [2.05, 4.69) is 50.4 Å². The van der Waals surface area contributed by atoms with Crippen molar-refractivity contribution < 1.29 is 0 Å². The average Bonchev–Trinajstić information content (AvgIpc) is 2.28. The van der Waals surface area contributed by atoms with Gasteiger partial charge in [-0.25, -0.2) is 0 Å². The van der Waals surface area contributed by atoms with E-state index in [1.807, 2.05) is 6.92 Å². The first-order valence-corrected chi connectivity index (χ1v) is 5.74. The molecule has 0 saturated heterocycles. The van der Waals surface area contributed by atoms with Crippen LogP contribution in [-0.2, 0) is 0 Å². The molecule has 86 valence electrons. The summed E-state index contributed by atoms with van der Waals surface area (Å²) < 4.78 is 0. The number of hydrogen-bond donors (Lipinski definition) is 1. The standard InChI is InChI=1S/C14H20N2/c1-10-5-6-12(3)14(7-10)13(4)16-9-11(2)8-15/h5-7,11,13,16H,9H2,1-4H3. The lowest BCUT2D eigenvalue weighted by atomic mass is 9.99. The zero-order valence-corrected chi connectivity index (χ0v) is 10.5. The van der Waals surface area contributed by atoms with E-state index in [0.717, 1.165) is 6.54 Å². The Morgan fingerprint density at radius 1 is 1.31 bits per heavy atom. The first-order chi connectivity index (χ1) is 7.54. The monoisotopic (exact) mass is 216 g/mol. The smallest absolute Gasteiger partial charge is 0.0666 e. The molecule has 2 atom stereocenters. The lowest BCUT2D eigenvalue weighted by Gasteiger charge is -2.18. The van der Waals surface area contributed by atoms with Crippen LogP contribution in [0.2, 0.25) is 0 Å². The van der Waals surface area contributed by atoms with E-state index >= 15 is 0 Å². The minimum atomic E-state index is 0.0626. The van der Waals surface area contributed by atoms with Gasteiger partial charge in [-0.2, -0.15) is 5.26 Å². The van der Waals surface area contributed by atoms with Gasteiger partial charge < -0.3 is 5.32 Å². The molecule has 1 aromatic carbocycles. The molecule has 0 amide bonds. The van der Waals surface area contributed by atoms with Crippen LogP contribution in [0.15, 0.2) is 18.2 Å². The minimum absolute atomic E-state index is 0.0626.